The Hall–Kier alpha value is -1.14. The summed E-state index contributed by atoms with van der Waals surface area (Å²) in [4.78, 5) is 21.8. The van der Waals surface area contributed by atoms with Gasteiger partial charge in [0.05, 0.1) is 6.61 Å². The summed E-state index contributed by atoms with van der Waals surface area (Å²) in [6.45, 7) is 1.69. The Morgan fingerprint density at radius 1 is 1.47 bits per heavy atom. The zero-order valence-corrected chi connectivity index (χ0v) is 8.77. The molecule has 0 aromatic rings. The smallest absolute Gasteiger partial charge is 0.328 e. The molecule has 0 saturated carbocycles. The molecule has 0 fully saturated rings. The van der Waals surface area contributed by atoms with Gasteiger partial charge in [0.1, 0.15) is 6.04 Å². The van der Waals surface area contributed by atoms with Gasteiger partial charge in [-0.3, -0.25) is 4.79 Å². The van der Waals surface area contributed by atoms with Crippen LogP contribution in [-0.4, -0.2) is 41.3 Å². The summed E-state index contributed by atoms with van der Waals surface area (Å²) in [6.07, 6.45) is 0.956. The second-order valence-electron chi connectivity index (χ2n) is 3.36. The van der Waals surface area contributed by atoms with Gasteiger partial charge in [-0.05, 0) is 12.5 Å². The number of carboxylic acids is 1. The van der Waals surface area contributed by atoms with Crippen molar-refractivity contribution in [2.75, 3.05) is 13.2 Å². The lowest BCUT2D eigenvalue weighted by Gasteiger charge is -2.15. The molecule has 0 radical (unpaired) electrons. The normalized spacial score (nSPS) is 14.3. The molecule has 0 saturated heterocycles. The Labute approximate surface area is 88.5 Å². The first-order chi connectivity index (χ1) is 7.04. The van der Waals surface area contributed by atoms with E-state index in [1.807, 2.05) is 6.92 Å². The van der Waals surface area contributed by atoms with Crippen LogP contribution in [0.1, 0.15) is 19.8 Å². The minimum Gasteiger partial charge on any atom is -0.480 e. The topological polar surface area (TPSA) is 113 Å². The zero-order chi connectivity index (χ0) is 11.8. The van der Waals surface area contributed by atoms with E-state index in [4.69, 9.17) is 15.9 Å². The maximum absolute atomic E-state index is 11.3. The lowest BCUT2D eigenvalue weighted by atomic mass is 10.0. The second-order valence-corrected chi connectivity index (χ2v) is 3.36. The molecular formula is C9H18N2O4. The van der Waals surface area contributed by atoms with Crippen LogP contribution >= 0.6 is 0 Å². The van der Waals surface area contributed by atoms with Crippen molar-refractivity contribution in [2.24, 2.45) is 11.7 Å². The highest BCUT2D eigenvalue weighted by Crippen LogP contribution is 2.05. The number of aliphatic carboxylic acids is 1. The SMILES string of the molecule is CCC(CN)CC(=O)NC(CO)C(=O)O. The fourth-order valence-corrected chi connectivity index (χ4v) is 1.10. The minimum atomic E-state index is -1.24. The number of amides is 1. The zero-order valence-electron chi connectivity index (χ0n) is 8.77. The number of carboxylic acid groups (broad SMARTS) is 1. The number of nitrogens with one attached hydrogen (secondary N) is 1. The summed E-state index contributed by atoms with van der Waals surface area (Å²) in [5.74, 6) is -1.58. The van der Waals surface area contributed by atoms with Gasteiger partial charge in [0.25, 0.3) is 0 Å². The van der Waals surface area contributed by atoms with Crippen molar-refractivity contribution >= 4 is 11.9 Å². The third-order valence-corrected chi connectivity index (χ3v) is 2.20. The number of aliphatic hydroxyl groups excluding tert-OH is 1. The van der Waals surface area contributed by atoms with Gasteiger partial charge in [-0.25, -0.2) is 4.79 Å². The fourth-order valence-electron chi connectivity index (χ4n) is 1.10. The standard InChI is InChI=1S/C9H18N2O4/c1-2-6(4-10)3-8(13)11-7(5-12)9(14)15/h6-7,12H,2-5,10H2,1H3,(H,11,13)(H,14,15). The molecule has 0 bridgehead atoms. The molecule has 2 unspecified atom stereocenters. The predicted molar refractivity (Wildman–Crippen MR) is 54.1 cm³/mol. The number of hydrogen-bond donors (Lipinski definition) is 4. The van der Waals surface area contributed by atoms with Crippen LogP contribution < -0.4 is 11.1 Å². The van der Waals surface area contributed by atoms with Gasteiger partial charge in [0.15, 0.2) is 0 Å². The van der Waals surface area contributed by atoms with Gasteiger partial charge in [0, 0.05) is 6.42 Å². The largest absolute Gasteiger partial charge is 0.480 e. The number of rotatable bonds is 7. The van der Waals surface area contributed by atoms with Gasteiger partial charge >= 0.3 is 5.97 Å². The minimum absolute atomic E-state index is 0.0538. The van der Waals surface area contributed by atoms with Crippen molar-refractivity contribution < 1.29 is 19.8 Å². The number of carbonyl (C=O) groups excluding carboxylic acids is 1. The van der Waals surface area contributed by atoms with Crippen LogP contribution in [0.5, 0.6) is 0 Å². The van der Waals surface area contributed by atoms with E-state index in [0.717, 1.165) is 6.42 Å². The Kier molecular flexibility index (Phi) is 6.64. The predicted octanol–water partition coefficient (Wildman–Crippen LogP) is -1.08. The molecule has 15 heavy (non-hydrogen) atoms. The van der Waals surface area contributed by atoms with Gasteiger partial charge in [-0.15, -0.1) is 0 Å². The van der Waals surface area contributed by atoms with Crippen molar-refractivity contribution in [2.45, 2.75) is 25.8 Å². The van der Waals surface area contributed by atoms with E-state index in [1.54, 1.807) is 0 Å². The lowest BCUT2D eigenvalue weighted by Crippen LogP contribution is -2.44. The van der Waals surface area contributed by atoms with E-state index in [1.165, 1.54) is 0 Å². The first kappa shape index (κ1) is 13.9. The maximum atomic E-state index is 11.3. The Bertz CT molecular complexity index is 216. The molecule has 88 valence electrons. The molecule has 0 aliphatic carbocycles. The van der Waals surface area contributed by atoms with Crippen LogP contribution in [-0.2, 0) is 9.59 Å². The fraction of sp³-hybridized carbons (Fsp3) is 0.778. The van der Waals surface area contributed by atoms with Crippen molar-refractivity contribution in [3.8, 4) is 0 Å². The Morgan fingerprint density at radius 3 is 2.40 bits per heavy atom. The van der Waals surface area contributed by atoms with Gasteiger partial charge in [0.2, 0.25) is 5.91 Å². The molecule has 1 amide bonds. The maximum Gasteiger partial charge on any atom is 0.328 e. The Balaban J connectivity index is 4.06. The highest BCUT2D eigenvalue weighted by atomic mass is 16.4. The van der Waals surface area contributed by atoms with Crippen LogP contribution in [0, 0.1) is 5.92 Å². The quantitative estimate of drug-likeness (QED) is 0.434. The van der Waals surface area contributed by atoms with Crippen LogP contribution in [0.25, 0.3) is 0 Å². The molecule has 0 aliphatic rings. The van der Waals surface area contributed by atoms with Crippen molar-refractivity contribution in [1.82, 2.24) is 5.32 Å². The van der Waals surface area contributed by atoms with Crippen molar-refractivity contribution in [3.63, 3.8) is 0 Å². The van der Waals surface area contributed by atoms with Crippen molar-refractivity contribution in [3.05, 3.63) is 0 Å². The van der Waals surface area contributed by atoms with Gasteiger partial charge < -0.3 is 21.3 Å². The highest BCUT2D eigenvalue weighted by Gasteiger charge is 2.19. The monoisotopic (exact) mass is 218 g/mol. The molecule has 0 rings (SSSR count). The van der Waals surface area contributed by atoms with E-state index in [0.29, 0.717) is 6.54 Å². The number of carbonyl (C=O) groups is 2. The van der Waals surface area contributed by atoms with E-state index in [2.05, 4.69) is 5.32 Å². The average molecular weight is 218 g/mol. The summed E-state index contributed by atoms with van der Waals surface area (Å²) in [7, 11) is 0. The number of aliphatic hydroxyl groups is 1. The lowest BCUT2D eigenvalue weighted by molar-refractivity contribution is -0.143. The first-order valence-electron chi connectivity index (χ1n) is 4.88. The molecule has 6 nitrogen and oxygen atoms in total. The summed E-state index contributed by atoms with van der Waals surface area (Å²) >= 11 is 0. The van der Waals surface area contributed by atoms with Gasteiger partial charge in [-0.2, -0.15) is 0 Å². The third kappa shape index (κ3) is 5.34. The molecule has 0 heterocycles. The first-order valence-corrected chi connectivity index (χ1v) is 4.88. The van der Waals surface area contributed by atoms with E-state index >= 15 is 0 Å². The molecular weight excluding hydrogens is 200 g/mol. The molecule has 2 atom stereocenters. The molecule has 0 spiro atoms. The highest BCUT2D eigenvalue weighted by molar-refractivity contribution is 5.83. The van der Waals surface area contributed by atoms with E-state index in [9.17, 15) is 9.59 Å². The average Bonchev–Trinajstić information content (AvgIpc) is 2.22. The molecule has 0 aliphatic heterocycles. The van der Waals surface area contributed by atoms with Crippen LogP contribution in [0.3, 0.4) is 0 Å². The second kappa shape index (κ2) is 7.19. The van der Waals surface area contributed by atoms with Crippen LogP contribution in [0.4, 0.5) is 0 Å². The van der Waals surface area contributed by atoms with E-state index < -0.39 is 24.5 Å². The third-order valence-electron chi connectivity index (χ3n) is 2.20. The summed E-state index contributed by atoms with van der Waals surface area (Å²) in [5.41, 5.74) is 5.41. The molecule has 0 aromatic carbocycles. The number of hydrogen-bond acceptors (Lipinski definition) is 4. The van der Waals surface area contributed by atoms with Crippen LogP contribution in [0.2, 0.25) is 0 Å². The van der Waals surface area contributed by atoms with Crippen LogP contribution in [0.15, 0.2) is 0 Å². The molecule has 6 heteroatoms. The van der Waals surface area contributed by atoms with Crippen molar-refractivity contribution in [1.29, 1.82) is 0 Å². The molecule has 5 N–H and O–H groups in total. The summed E-state index contributed by atoms with van der Waals surface area (Å²) in [5, 5.41) is 19.5. The Morgan fingerprint density at radius 2 is 2.07 bits per heavy atom. The number of nitrogens with two attached hydrogens (primary N) is 1. The summed E-state index contributed by atoms with van der Waals surface area (Å²) < 4.78 is 0. The van der Waals surface area contributed by atoms with E-state index in [-0.39, 0.29) is 12.3 Å². The molecule has 0 aromatic heterocycles. The van der Waals surface area contributed by atoms with Gasteiger partial charge in [-0.1, -0.05) is 13.3 Å². The summed E-state index contributed by atoms with van der Waals surface area (Å²) in [6, 6.07) is -1.23.